The lowest BCUT2D eigenvalue weighted by atomic mass is 9.73. The van der Waals surface area contributed by atoms with E-state index in [0.29, 0.717) is 5.54 Å². The first-order valence-electron chi connectivity index (χ1n) is 7.50. The van der Waals surface area contributed by atoms with Crippen LogP contribution in [0.5, 0.6) is 0 Å². The van der Waals surface area contributed by atoms with E-state index >= 15 is 0 Å². The van der Waals surface area contributed by atoms with E-state index in [4.69, 9.17) is 0 Å². The molecule has 1 saturated heterocycles. The van der Waals surface area contributed by atoms with Gasteiger partial charge in [0, 0.05) is 5.54 Å². The summed E-state index contributed by atoms with van der Waals surface area (Å²) in [4.78, 5) is 2.79. The molecule has 1 aliphatic rings. The van der Waals surface area contributed by atoms with Gasteiger partial charge in [-0.05, 0) is 44.7 Å². The van der Waals surface area contributed by atoms with Crippen LogP contribution in [-0.4, -0.2) is 23.5 Å². The smallest absolute Gasteiger partial charge is 0.0232 e. The van der Waals surface area contributed by atoms with E-state index in [-0.39, 0.29) is 0 Å². The monoisotopic (exact) mass is 225 g/mol. The van der Waals surface area contributed by atoms with Crippen LogP contribution in [0.15, 0.2) is 0 Å². The molecule has 1 aliphatic heterocycles. The van der Waals surface area contributed by atoms with E-state index in [1.807, 2.05) is 0 Å². The van der Waals surface area contributed by atoms with Gasteiger partial charge in [0.15, 0.2) is 0 Å². The maximum atomic E-state index is 2.79. The van der Waals surface area contributed by atoms with E-state index in [0.717, 1.165) is 5.92 Å². The third kappa shape index (κ3) is 2.61. The van der Waals surface area contributed by atoms with Gasteiger partial charge in [0.25, 0.3) is 0 Å². The average molecular weight is 225 g/mol. The van der Waals surface area contributed by atoms with Gasteiger partial charge >= 0.3 is 0 Å². The van der Waals surface area contributed by atoms with Crippen molar-refractivity contribution in [3.63, 3.8) is 0 Å². The highest BCUT2D eigenvalue weighted by molar-refractivity contribution is 4.94. The van der Waals surface area contributed by atoms with Crippen molar-refractivity contribution in [3.8, 4) is 0 Å². The van der Waals surface area contributed by atoms with Crippen molar-refractivity contribution in [2.24, 2.45) is 5.92 Å². The Kier molecular flexibility index (Phi) is 5.82. The number of likely N-dealkylation sites (tertiary alicyclic amines) is 1. The van der Waals surface area contributed by atoms with Gasteiger partial charge in [-0.1, -0.05) is 47.0 Å². The summed E-state index contributed by atoms with van der Waals surface area (Å²) >= 11 is 0. The van der Waals surface area contributed by atoms with Gasteiger partial charge in [0.05, 0.1) is 0 Å². The summed E-state index contributed by atoms with van der Waals surface area (Å²) in [5.41, 5.74) is 0.504. The van der Waals surface area contributed by atoms with Crippen LogP contribution in [-0.2, 0) is 0 Å². The Balaban J connectivity index is 2.93. The molecule has 96 valence electrons. The summed E-state index contributed by atoms with van der Waals surface area (Å²) in [6.45, 7) is 12.1. The summed E-state index contributed by atoms with van der Waals surface area (Å²) in [7, 11) is 0. The summed E-state index contributed by atoms with van der Waals surface area (Å²) < 4.78 is 0. The second-order valence-electron chi connectivity index (χ2n) is 5.34. The molecule has 1 rings (SSSR count). The molecule has 0 aromatic carbocycles. The van der Waals surface area contributed by atoms with Crippen LogP contribution in [0.3, 0.4) is 0 Å². The van der Waals surface area contributed by atoms with Crippen LogP contribution in [0.25, 0.3) is 0 Å². The fourth-order valence-electron chi connectivity index (χ4n) is 3.95. The standard InChI is InChI=1S/C15H31N/c1-5-14-12-10-9-11-13-16(8-4)15(14,6-2)7-3/h14H,5-13H2,1-4H3. The fourth-order valence-corrected chi connectivity index (χ4v) is 3.95. The van der Waals surface area contributed by atoms with Gasteiger partial charge in [-0.2, -0.15) is 0 Å². The number of rotatable bonds is 4. The summed E-state index contributed by atoms with van der Waals surface area (Å²) in [6, 6.07) is 0. The zero-order valence-electron chi connectivity index (χ0n) is 11.9. The normalized spacial score (nSPS) is 27.4. The highest BCUT2D eigenvalue weighted by atomic mass is 15.2. The van der Waals surface area contributed by atoms with Crippen LogP contribution in [0.4, 0.5) is 0 Å². The number of nitrogens with zero attached hydrogens (tertiary/aromatic N) is 1. The molecule has 0 saturated carbocycles. The van der Waals surface area contributed by atoms with Crippen molar-refractivity contribution in [3.05, 3.63) is 0 Å². The molecule has 0 amide bonds. The molecule has 0 bridgehead atoms. The van der Waals surface area contributed by atoms with E-state index in [9.17, 15) is 0 Å². The first kappa shape index (κ1) is 14.0. The van der Waals surface area contributed by atoms with Gasteiger partial charge in [-0.15, -0.1) is 0 Å². The van der Waals surface area contributed by atoms with Crippen LogP contribution in [0.2, 0.25) is 0 Å². The fraction of sp³-hybridized carbons (Fsp3) is 1.00. The van der Waals surface area contributed by atoms with Crippen molar-refractivity contribution in [1.29, 1.82) is 0 Å². The third-order valence-corrected chi connectivity index (χ3v) is 4.97. The largest absolute Gasteiger partial charge is 0.298 e. The molecular formula is C15H31N. The number of hydrogen-bond acceptors (Lipinski definition) is 1. The van der Waals surface area contributed by atoms with E-state index in [2.05, 4.69) is 32.6 Å². The molecule has 0 aromatic rings. The van der Waals surface area contributed by atoms with E-state index < -0.39 is 0 Å². The molecule has 16 heavy (non-hydrogen) atoms. The molecule has 1 heterocycles. The molecule has 0 aliphatic carbocycles. The summed E-state index contributed by atoms with van der Waals surface area (Å²) in [5, 5.41) is 0. The molecule has 1 heteroatoms. The topological polar surface area (TPSA) is 3.24 Å². The van der Waals surface area contributed by atoms with Crippen LogP contribution in [0, 0.1) is 5.92 Å². The lowest BCUT2D eigenvalue weighted by molar-refractivity contribution is 0.0101. The lowest BCUT2D eigenvalue weighted by Gasteiger charge is -2.49. The Hall–Kier alpha value is -0.0400. The maximum absolute atomic E-state index is 2.79. The SMILES string of the molecule is CCC1CCCCCN(CC)C1(CC)CC. The predicted molar refractivity (Wildman–Crippen MR) is 72.8 cm³/mol. The Morgan fingerprint density at radius 1 is 1.00 bits per heavy atom. The van der Waals surface area contributed by atoms with E-state index in [1.165, 1.54) is 58.0 Å². The van der Waals surface area contributed by atoms with E-state index in [1.54, 1.807) is 0 Å². The van der Waals surface area contributed by atoms with Gasteiger partial charge in [-0.25, -0.2) is 0 Å². The van der Waals surface area contributed by atoms with Crippen molar-refractivity contribution in [1.82, 2.24) is 4.90 Å². The average Bonchev–Trinajstić information content (AvgIpc) is 2.30. The molecular weight excluding hydrogens is 194 g/mol. The quantitative estimate of drug-likeness (QED) is 0.682. The van der Waals surface area contributed by atoms with Gasteiger partial charge in [0.2, 0.25) is 0 Å². The van der Waals surface area contributed by atoms with Crippen molar-refractivity contribution >= 4 is 0 Å². The minimum absolute atomic E-state index is 0.504. The van der Waals surface area contributed by atoms with Gasteiger partial charge in [0.1, 0.15) is 0 Å². The molecule has 1 fully saturated rings. The Bertz CT molecular complexity index is 168. The zero-order chi connectivity index (χ0) is 12.0. The maximum Gasteiger partial charge on any atom is 0.0232 e. The highest BCUT2D eigenvalue weighted by Gasteiger charge is 2.39. The Morgan fingerprint density at radius 3 is 2.19 bits per heavy atom. The zero-order valence-corrected chi connectivity index (χ0v) is 11.9. The van der Waals surface area contributed by atoms with Crippen LogP contribution < -0.4 is 0 Å². The predicted octanol–water partition coefficient (Wildman–Crippen LogP) is 4.47. The molecule has 0 N–H and O–H groups in total. The summed E-state index contributed by atoms with van der Waals surface area (Å²) in [5.74, 6) is 0.919. The van der Waals surface area contributed by atoms with Crippen molar-refractivity contribution in [2.45, 2.75) is 78.2 Å². The minimum Gasteiger partial charge on any atom is -0.298 e. The molecule has 1 atom stereocenters. The second-order valence-corrected chi connectivity index (χ2v) is 5.34. The minimum atomic E-state index is 0.504. The lowest BCUT2D eigenvalue weighted by Crippen LogP contribution is -2.54. The van der Waals surface area contributed by atoms with Crippen molar-refractivity contribution in [2.75, 3.05) is 13.1 Å². The third-order valence-electron chi connectivity index (χ3n) is 4.97. The second kappa shape index (κ2) is 6.64. The molecule has 0 radical (unpaired) electrons. The molecule has 0 aromatic heterocycles. The Labute approximate surface area is 103 Å². The molecule has 1 nitrogen and oxygen atoms in total. The highest BCUT2D eigenvalue weighted by Crippen LogP contribution is 2.39. The van der Waals surface area contributed by atoms with Gasteiger partial charge < -0.3 is 0 Å². The first-order valence-corrected chi connectivity index (χ1v) is 7.50. The Morgan fingerprint density at radius 2 is 1.69 bits per heavy atom. The number of hydrogen-bond donors (Lipinski definition) is 0. The van der Waals surface area contributed by atoms with Crippen LogP contribution in [0.1, 0.15) is 72.6 Å². The van der Waals surface area contributed by atoms with Gasteiger partial charge in [-0.3, -0.25) is 4.90 Å². The van der Waals surface area contributed by atoms with Crippen LogP contribution >= 0.6 is 0 Å². The molecule has 0 spiro atoms. The summed E-state index contributed by atoms with van der Waals surface area (Å²) in [6.07, 6.45) is 9.78. The molecule has 1 unspecified atom stereocenters. The van der Waals surface area contributed by atoms with Crippen molar-refractivity contribution < 1.29 is 0 Å². The first-order chi connectivity index (χ1) is 7.75.